The number of amides is 3. The molecule has 7 heteroatoms. The Morgan fingerprint density at radius 3 is 2.35 bits per heavy atom. The molecule has 1 N–H and O–H groups in total. The topological polar surface area (TPSA) is 88.3 Å². The van der Waals surface area contributed by atoms with Crippen molar-refractivity contribution >= 4 is 11.9 Å². The van der Waals surface area contributed by atoms with E-state index in [4.69, 9.17) is 4.52 Å². The predicted octanol–water partition coefficient (Wildman–Crippen LogP) is 3.93. The van der Waals surface area contributed by atoms with Crippen LogP contribution < -0.4 is 5.32 Å². The Kier molecular flexibility index (Phi) is 5.13. The number of nitrogens with one attached hydrogen (secondary N) is 1. The van der Waals surface area contributed by atoms with Crippen LogP contribution in [0.2, 0.25) is 0 Å². The number of nitrogens with zero attached hydrogens (tertiary/aromatic N) is 3. The van der Waals surface area contributed by atoms with Crippen molar-refractivity contribution in [2.45, 2.75) is 51.6 Å². The number of carbonyl (C=O) groups is 2. The first-order valence-electron chi connectivity index (χ1n) is 10.3. The van der Waals surface area contributed by atoms with Crippen molar-refractivity contribution in [1.82, 2.24) is 20.4 Å². The van der Waals surface area contributed by atoms with Crippen LogP contribution in [-0.4, -0.2) is 27.0 Å². The molecule has 1 unspecified atom stereocenters. The number of rotatable bonds is 5. The van der Waals surface area contributed by atoms with E-state index in [-0.39, 0.29) is 23.8 Å². The number of imide groups is 1. The van der Waals surface area contributed by atoms with Gasteiger partial charge >= 0.3 is 6.03 Å². The summed E-state index contributed by atoms with van der Waals surface area (Å²) in [6.45, 7) is 8.04. The Bertz CT molecular complexity index is 1100. The lowest BCUT2D eigenvalue weighted by molar-refractivity contribution is -0.131. The van der Waals surface area contributed by atoms with E-state index >= 15 is 0 Å². The molecule has 2 heterocycles. The molecule has 31 heavy (non-hydrogen) atoms. The summed E-state index contributed by atoms with van der Waals surface area (Å²) >= 11 is 0. The normalized spacial score (nSPS) is 19.0. The van der Waals surface area contributed by atoms with Gasteiger partial charge in [0.1, 0.15) is 12.1 Å². The van der Waals surface area contributed by atoms with Gasteiger partial charge in [0.2, 0.25) is 5.89 Å². The fourth-order valence-electron chi connectivity index (χ4n) is 3.68. The molecule has 4 rings (SSSR count). The molecule has 1 aliphatic rings. The van der Waals surface area contributed by atoms with Gasteiger partial charge in [-0.25, -0.2) is 4.79 Å². The molecule has 0 spiro atoms. The van der Waals surface area contributed by atoms with Gasteiger partial charge in [-0.05, 0) is 29.0 Å². The van der Waals surface area contributed by atoms with Gasteiger partial charge < -0.3 is 9.84 Å². The van der Waals surface area contributed by atoms with Gasteiger partial charge in [0, 0.05) is 6.42 Å². The van der Waals surface area contributed by atoms with Gasteiger partial charge in [-0.15, -0.1) is 0 Å². The van der Waals surface area contributed by atoms with Crippen molar-refractivity contribution in [2.24, 2.45) is 0 Å². The summed E-state index contributed by atoms with van der Waals surface area (Å²) in [5.41, 5.74) is 1.81. The van der Waals surface area contributed by atoms with Gasteiger partial charge in [0.05, 0.1) is 0 Å². The van der Waals surface area contributed by atoms with Crippen molar-refractivity contribution < 1.29 is 14.1 Å². The smallest absolute Gasteiger partial charge is 0.325 e. The minimum Gasteiger partial charge on any atom is -0.337 e. The van der Waals surface area contributed by atoms with Crippen LogP contribution in [0, 0.1) is 0 Å². The zero-order valence-electron chi connectivity index (χ0n) is 18.2. The molecule has 1 aromatic heterocycles. The molecule has 2 aromatic carbocycles. The first kappa shape index (κ1) is 20.8. The van der Waals surface area contributed by atoms with E-state index in [9.17, 15) is 9.59 Å². The Balaban J connectivity index is 1.50. The van der Waals surface area contributed by atoms with Crippen LogP contribution in [0.3, 0.4) is 0 Å². The average molecular weight is 418 g/mol. The molecule has 0 saturated carbocycles. The summed E-state index contributed by atoms with van der Waals surface area (Å²) in [5, 5.41) is 6.79. The Labute approximate surface area is 181 Å². The first-order valence-corrected chi connectivity index (χ1v) is 10.3. The zero-order valence-corrected chi connectivity index (χ0v) is 18.2. The predicted molar refractivity (Wildman–Crippen MR) is 115 cm³/mol. The lowest BCUT2D eigenvalue weighted by Gasteiger charge is -2.24. The molecule has 1 saturated heterocycles. The maximum Gasteiger partial charge on any atom is 0.325 e. The summed E-state index contributed by atoms with van der Waals surface area (Å²) in [6, 6.07) is 17.1. The highest BCUT2D eigenvalue weighted by molar-refractivity contribution is 6.07. The average Bonchev–Trinajstić information content (AvgIpc) is 3.26. The molecule has 1 fully saturated rings. The summed E-state index contributed by atoms with van der Waals surface area (Å²) in [4.78, 5) is 31.2. The molecular formula is C24H26N4O3. The van der Waals surface area contributed by atoms with E-state index in [1.807, 2.05) is 54.6 Å². The second kappa shape index (κ2) is 7.65. The van der Waals surface area contributed by atoms with Crippen LogP contribution in [0.4, 0.5) is 4.79 Å². The van der Waals surface area contributed by atoms with Crippen LogP contribution in [-0.2, 0) is 28.7 Å². The number of aromatic nitrogens is 2. The van der Waals surface area contributed by atoms with E-state index in [0.717, 1.165) is 21.6 Å². The third-order valence-corrected chi connectivity index (χ3v) is 5.61. The molecule has 0 radical (unpaired) electrons. The molecule has 3 aromatic rings. The summed E-state index contributed by atoms with van der Waals surface area (Å²) < 4.78 is 5.29. The summed E-state index contributed by atoms with van der Waals surface area (Å²) in [5.74, 6) is 0.388. The molecule has 1 aliphatic heterocycles. The number of hydrogen-bond acceptors (Lipinski definition) is 5. The van der Waals surface area contributed by atoms with Gasteiger partial charge in [-0.1, -0.05) is 80.5 Å². The number of hydrogen-bond donors (Lipinski definition) is 1. The number of urea groups is 1. The summed E-state index contributed by atoms with van der Waals surface area (Å²) in [6.07, 6.45) is 0.516. The lowest BCUT2D eigenvalue weighted by Crippen LogP contribution is -2.40. The molecular weight excluding hydrogens is 392 g/mol. The van der Waals surface area contributed by atoms with Gasteiger partial charge in [-0.2, -0.15) is 4.98 Å². The van der Waals surface area contributed by atoms with Crippen LogP contribution in [0.15, 0.2) is 59.1 Å². The van der Waals surface area contributed by atoms with Gasteiger partial charge in [-0.3, -0.25) is 9.69 Å². The second-order valence-electron chi connectivity index (χ2n) is 9.04. The highest BCUT2D eigenvalue weighted by Gasteiger charge is 2.49. The molecule has 7 nitrogen and oxygen atoms in total. The van der Waals surface area contributed by atoms with Crippen LogP contribution in [0.25, 0.3) is 0 Å². The zero-order chi connectivity index (χ0) is 22.2. The van der Waals surface area contributed by atoms with Crippen LogP contribution in [0.1, 0.15) is 56.1 Å². The Morgan fingerprint density at radius 2 is 1.71 bits per heavy atom. The lowest BCUT2D eigenvalue weighted by atomic mass is 9.84. The van der Waals surface area contributed by atoms with Crippen LogP contribution in [0.5, 0.6) is 0 Å². The second-order valence-corrected chi connectivity index (χ2v) is 9.04. The summed E-state index contributed by atoms with van der Waals surface area (Å²) in [7, 11) is 0. The van der Waals surface area contributed by atoms with Gasteiger partial charge in [0.25, 0.3) is 5.91 Å². The van der Waals surface area contributed by atoms with E-state index in [1.54, 1.807) is 6.92 Å². The number of carbonyl (C=O) groups excluding carboxylic acids is 2. The fourth-order valence-corrected chi connectivity index (χ4v) is 3.68. The first-order chi connectivity index (χ1) is 14.7. The maximum atomic E-state index is 13.2. The molecule has 0 aliphatic carbocycles. The van der Waals surface area contributed by atoms with Crippen molar-refractivity contribution in [3.05, 3.63) is 83.0 Å². The highest BCUT2D eigenvalue weighted by Crippen LogP contribution is 2.31. The standard InChI is InChI=1S/C24H26N4O3/c1-23(2,3)17-10-12-18(13-11-17)24(4)21(29)28(22(30)26-24)15-20-25-19(27-31-20)14-16-8-6-5-7-9-16/h5-13H,14-15H2,1-4H3,(H,26,30). The highest BCUT2D eigenvalue weighted by atomic mass is 16.5. The molecule has 160 valence electrons. The quantitative estimate of drug-likeness (QED) is 0.635. The number of benzene rings is 2. The fraction of sp³-hybridized carbons (Fsp3) is 0.333. The van der Waals surface area contributed by atoms with Crippen molar-refractivity contribution in [3.8, 4) is 0 Å². The van der Waals surface area contributed by atoms with Gasteiger partial charge in [0.15, 0.2) is 5.82 Å². The van der Waals surface area contributed by atoms with Crippen molar-refractivity contribution in [3.63, 3.8) is 0 Å². The third-order valence-electron chi connectivity index (χ3n) is 5.61. The Morgan fingerprint density at radius 1 is 1.03 bits per heavy atom. The van der Waals surface area contributed by atoms with Crippen LogP contribution >= 0.6 is 0 Å². The minimum atomic E-state index is -1.14. The van der Waals surface area contributed by atoms with Crippen molar-refractivity contribution in [1.29, 1.82) is 0 Å². The Hall–Kier alpha value is -3.48. The largest absolute Gasteiger partial charge is 0.337 e. The van der Waals surface area contributed by atoms with E-state index in [2.05, 4.69) is 36.2 Å². The van der Waals surface area contributed by atoms with E-state index in [0.29, 0.717) is 12.2 Å². The molecule has 0 bridgehead atoms. The SMILES string of the molecule is CC(C)(C)c1ccc(C2(C)NC(=O)N(Cc3nc(Cc4ccccc4)no3)C2=O)cc1. The van der Waals surface area contributed by atoms with E-state index in [1.165, 1.54) is 0 Å². The molecule has 3 amide bonds. The monoisotopic (exact) mass is 418 g/mol. The van der Waals surface area contributed by atoms with Crippen molar-refractivity contribution in [2.75, 3.05) is 0 Å². The van der Waals surface area contributed by atoms with E-state index < -0.39 is 11.6 Å². The molecule has 1 atom stereocenters. The maximum absolute atomic E-state index is 13.2. The third kappa shape index (κ3) is 4.08. The minimum absolute atomic E-state index is 0.00379.